The summed E-state index contributed by atoms with van der Waals surface area (Å²) in [4.78, 5) is 0. The van der Waals surface area contributed by atoms with Crippen LogP contribution in [0, 0.1) is 0 Å². The Morgan fingerprint density at radius 1 is 0.963 bits per heavy atom. The second-order valence-electron chi connectivity index (χ2n) is 6.57. The summed E-state index contributed by atoms with van der Waals surface area (Å²) in [5, 5.41) is 0. The van der Waals surface area contributed by atoms with Crippen molar-refractivity contribution in [3.8, 4) is 0 Å². The van der Waals surface area contributed by atoms with E-state index in [1.165, 1.54) is 76.3 Å². The van der Waals surface area contributed by atoms with Gasteiger partial charge in [0.15, 0.2) is 22.5 Å². The van der Waals surface area contributed by atoms with E-state index in [-0.39, 0.29) is 0 Å². The minimum atomic E-state index is -6.09. The number of rotatable bonds is 11. The minimum absolute atomic E-state index is 1.19. The molecule has 0 N–H and O–H groups in total. The number of unbranched alkanes of at least 4 members (excludes halogenated alkanes) is 7. The third-order valence-corrected chi connectivity index (χ3v) is 4.61. The van der Waals surface area contributed by atoms with Crippen LogP contribution in [0.25, 0.3) is 0 Å². The summed E-state index contributed by atoms with van der Waals surface area (Å²) >= 11 is 0. The highest BCUT2D eigenvalue weighted by Gasteiger charge is 2.36. The highest BCUT2D eigenvalue weighted by molar-refractivity contribution is 7.86. The molecule has 8 heteroatoms. The van der Waals surface area contributed by atoms with E-state index in [4.69, 9.17) is 13.0 Å². The molecule has 0 atom stereocenters. The molecular formula is C19H32F3NO3S. The first-order chi connectivity index (χ1) is 12.6. The first kappa shape index (κ1) is 25.9. The maximum Gasteiger partial charge on any atom is 0.485 e. The number of hydrogen-bond donors (Lipinski definition) is 0. The predicted molar refractivity (Wildman–Crippen MR) is 99.0 cm³/mol. The summed E-state index contributed by atoms with van der Waals surface area (Å²) < 4.78 is 61.3. The summed E-state index contributed by atoms with van der Waals surface area (Å²) in [5.74, 6) is 0. The largest absolute Gasteiger partial charge is 0.741 e. The van der Waals surface area contributed by atoms with Gasteiger partial charge < -0.3 is 4.55 Å². The quantitative estimate of drug-likeness (QED) is 0.220. The van der Waals surface area contributed by atoms with Crippen molar-refractivity contribution in [1.29, 1.82) is 0 Å². The molecule has 1 rings (SSSR count). The van der Waals surface area contributed by atoms with Gasteiger partial charge in [-0.2, -0.15) is 13.2 Å². The molecule has 0 fully saturated rings. The second-order valence-corrected chi connectivity index (χ2v) is 7.95. The Labute approximate surface area is 161 Å². The Bertz CT molecular complexity index is 604. The molecule has 0 amide bonds. The molecule has 27 heavy (non-hydrogen) atoms. The molecule has 1 aromatic heterocycles. The molecule has 0 bridgehead atoms. The Balaban J connectivity index is 0.000000713. The number of aryl methyl sites for hydroxylation is 2. The van der Waals surface area contributed by atoms with E-state index in [2.05, 4.69) is 42.9 Å². The maximum absolute atomic E-state index is 10.7. The number of aromatic nitrogens is 1. The number of halogens is 3. The van der Waals surface area contributed by atoms with Gasteiger partial charge in [-0.05, 0) is 25.3 Å². The van der Waals surface area contributed by atoms with E-state index in [9.17, 15) is 13.2 Å². The van der Waals surface area contributed by atoms with Crippen molar-refractivity contribution < 1.29 is 30.7 Å². The normalized spacial score (nSPS) is 11.8. The fraction of sp³-hybridized carbons (Fsp3) is 0.737. The lowest BCUT2D eigenvalue weighted by molar-refractivity contribution is -0.697. The Kier molecular flexibility index (Phi) is 13.3. The van der Waals surface area contributed by atoms with Crippen molar-refractivity contribution in [3.05, 3.63) is 30.1 Å². The fourth-order valence-electron chi connectivity index (χ4n) is 2.50. The van der Waals surface area contributed by atoms with E-state index >= 15 is 0 Å². The van der Waals surface area contributed by atoms with Gasteiger partial charge in [-0.3, -0.25) is 0 Å². The summed E-state index contributed by atoms with van der Waals surface area (Å²) in [6.45, 7) is 5.73. The van der Waals surface area contributed by atoms with Crippen LogP contribution in [0.3, 0.4) is 0 Å². The van der Waals surface area contributed by atoms with Crippen molar-refractivity contribution in [3.63, 3.8) is 0 Å². The van der Waals surface area contributed by atoms with E-state index in [0.29, 0.717) is 0 Å². The molecular weight excluding hydrogens is 379 g/mol. The van der Waals surface area contributed by atoms with Crippen molar-refractivity contribution in [2.75, 3.05) is 0 Å². The Morgan fingerprint density at radius 3 is 2.00 bits per heavy atom. The van der Waals surface area contributed by atoms with Gasteiger partial charge in [-0.1, -0.05) is 52.4 Å². The summed E-state index contributed by atoms with van der Waals surface area (Å²) in [6.07, 6.45) is 18.1. The van der Waals surface area contributed by atoms with Gasteiger partial charge in [0.05, 0.1) is 0 Å². The molecule has 1 heterocycles. The van der Waals surface area contributed by atoms with Gasteiger partial charge in [0.25, 0.3) is 0 Å². The van der Waals surface area contributed by atoms with Gasteiger partial charge in [0, 0.05) is 18.1 Å². The zero-order valence-electron chi connectivity index (χ0n) is 16.3. The number of nitrogens with zero attached hydrogens (tertiary/aromatic N) is 1. The molecule has 4 nitrogen and oxygen atoms in total. The van der Waals surface area contributed by atoms with Gasteiger partial charge in [-0.25, -0.2) is 13.0 Å². The molecule has 0 aliphatic carbocycles. The molecule has 0 radical (unpaired) electrons. The zero-order valence-corrected chi connectivity index (χ0v) is 17.1. The summed E-state index contributed by atoms with van der Waals surface area (Å²) in [5.41, 5.74) is -4.15. The monoisotopic (exact) mass is 411 g/mol. The summed E-state index contributed by atoms with van der Waals surface area (Å²) in [7, 11) is -6.09. The van der Waals surface area contributed by atoms with Crippen LogP contribution in [0.4, 0.5) is 13.2 Å². The van der Waals surface area contributed by atoms with Gasteiger partial charge >= 0.3 is 5.51 Å². The maximum atomic E-state index is 10.7. The molecule has 0 aliphatic heterocycles. The molecule has 158 valence electrons. The molecule has 1 aromatic rings. The Morgan fingerprint density at radius 2 is 1.48 bits per heavy atom. The summed E-state index contributed by atoms with van der Waals surface area (Å²) in [6, 6.07) is 4.46. The van der Waals surface area contributed by atoms with Gasteiger partial charge in [-0.15, -0.1) is 0 Å². The second kappa shape index (κ2) is 13.9. The van der Waals surface area contributed by atoms with E-state index in [0.717, 1.165) is 0 Å². The van der Waals surface area contributed by atoms with Crippen LogP contribution >= 0.6 is 0 Å². The van der Waals surface area contributed by atoms with Crippen molar-refractivity contribution in [2.45, 2.75) is 90.1 Å². The molecule has 0 aliphatic rings. The van der Waals surface area contributed by atoms with Crippen LogP contribution in [0.1, 0.15) is 77.2 Å². The highest BCUT2D eigenvalue weighted by atomic mass is 32.2. The highest BCUT2D eigenvalue weighted by Crippen LogP contribution is 2.20. The van der Waals surface area contributed by atoms with Crippen LogP contribution in [0.2, 0.25) is 0 Å². The third kappa shape index (κ3) is 13.6. The standard InChI is InChI=1S/C18H32N.CHF3O3S/c1-3-5-7-8-9-10-11-15-19-16-12-14-18(17-19)13-6-4-2;2-1(3,4)8(5,6)7/h12,14,16-17H,3-11,13,15H2,1-2H3;(H,5,6,7)/q+1;/p-1. The molecule has 0 saturated carbocycles. The Hall–Kier alpha value is -1.15. The molecule has 0 unspecified atom stereocenters. The van der Waals surface area contributed by atoms with E-state index in [1.54, 1.807) is 0 Å². The molecule has 0 aromatic carbocycles. The van der Waals surface area contributed by atoms with E-state index in [1.807, 2.05) is 0 Å². The fourth-order valence-corrected chi connectivity index (χ4v) is 2.50. The van der Waals surface area contributed by atoms with Crippen LogP contribution in [-0.2, 0) is 23.1 Å². The number of pyridine rings is 1. The lowest BCUT2D eigenvalue weighted by Gasteiger charge is -2.08. The lowest BCUT2D eigenvalue weighted by Crippen LogP contribution is -2.33. The van der Waals surface area contributed by atoms with Gasteiger partial charge in [0.2, 0.25) is 0 Å². The third-order valence-electron chi connectivity index (χ3n) is 4.04. The van der Waals surface area contributed by atoms with Crippen molar-refractivity contribution in [2.24, 2.45) is 0 Å². The van der Waals surface area contributed by atoms with Crippen molar-refractivity contribution >= 4 is 10.1 Å². The molecule has 0 saturated heterocycles. The SMILES string of the molecule is CCCCCCCCC[n+]1cccc(CCCC)c1.O=S(=O)([O-])C(F)(F)F. The topological polar surface area (TPSA) is 61.1 Å². The van der Waals surface area contributed by atoms with Crippen LogP contribution < -0.4 is 4.57 Å². The number of alkyl halides is 3. The van der Waals surface area contributed by atoms with E-state index < -0.39 is 15.6 Å². The van der Waals surface area contributed by atoms with Crippen LogP contribution in [0.15, 0.2) is 24.5 Å². The smallest absolute Gasteiger partial charge is 0.485 e. The first-order valence-corrected chi connectivity index (χ1v) is 11.0. The average Bonchev–Trinajstić information content (AvgIpc) is 2.58. The minimum Gasteiger partial charge on any atom is -0.741 e. The predicted octanol–water partition coefficient (Wildman–Crippen LogP) is 5.12. The zero-order chi connectivity index (χ0) is 20.8. The van der Waals surface area contributed by atoms with Crippen molar-refractivity contribution in [1.82, 2.24) is 0 Å². The molecule has 0 spiro atoms. The van der Waals surface area contributed by atoms with Crippen LogP contribution in [0.5, 0.6) is 0 Å². The first-order valence-electron chi connectivity index (χ1n) is 9.62. The van der Waals surface area contributed by atoms with Crippen LogP contribution in [-0.4, -0.2) is 18.5 Å². The number of hydrogen-bond acceptors (Lipinski definition) is 3. The van der Waals surface area contributed by atoms with Gasteiger partial charge in [0.1, 0.15) is 6.54 Å². The average molecular weight is 412 g/mol. The lowest BCUT2D eigenvalue weighted by atomic mass is 10.1.